The summed E-state index contributed by atoms with van der Waals surface area (Å²) >= 11 is 9.42. The van der Waals surface area contributed by atoms with Crippen molar-refractivity contribution in [3.05, 3.63) is 56.4 Å². The van der Waals surface area contributed by atoms with Crippen molar-refractivity contribution >= 4 is 39.3 Å². The van der Waals surface area contributed by atoms with Crippen molar-refractivity contribution in [2.45, 2.75) is 27.3 Å². The minimum Gasteiger partial charge on any atom is -0.484 e. The van der Waals surface area contributed by atoms with Gasteiger partial charge in [0.25, 0.3) is 5.91 Å². The van der Waals surface area contributed by atoms with Gasteiger partial charge in [-0.3, -0.25) is 14.3 Å². The molecule has 0 fully saturated rings. The van der Waals surface area contributed by atoms with Gasteiger partial charge in [0.15, 0.2) is 12.4 Å². The zero-order chi connectivity index (χ0) is 23.3. The van der Waals surface area contributed by atoms with Gasteiger partial charge in [-0.1, -0.05) is 16.8 Å². The fraction of sp³-hybridized carbons (Fsp3) is 0.350. The molecular formula is C20H22BrClN6O4. The Kier molecular flexibility index (Phi) is 7.86. The number of benzene rings is 1. The van der Waals surface area contributed by atoms with Gasteiger partial charge in [0.1, 0.15) is 12.3 Å². The molecule has 0 aliphatic carbocycles. The van der Waals surface area contributed by atoms with Crippen LogP contribution in [0.4, 0.5) is 0 Å². The van der Waals surface area contributed by atoms with Crippen molar-refractivity contribution in [3.8, 4) is 5.75 Å². The van der Waals surface area contributed by atoms with Gasteiger partial charge in [-0.2, -0.15) is 10.1 Å². The van der Waals surface area contributed by atoms with Crippen molar-refractivity contribution in [2.24, 2.45) is 0 Å². The Bertz CT molecular complexity index is 1130. The molecule has 0 saturated heterocycles. The van der Waals surface area contributed by atoms with Gasteiger partial charge in [0.05, 0.1) is 15.9 Å². The standard InChI is InChI=1S/C20H22BrClN6O4/c1-11-8-14(4-5-15(11)22)31-10-17(29)23-6-7-24-19(30)20-25-16(27-32-20)9-28-13(3)18(21)12(2)26-28/h4-5,8H,6-7,9-10H2,1-3H3,(H,23,29)(H,24,30). The number of ether oxygens (including phenoxy) is 1. The highest BCUT2D eigenvalue weighted by molar-refractivity contribution is 9.10. The fourth-order valence-electron chi connectivity index (χ4n) is 2.73. The van der Waals surface area contributed by atoms with Gasteiger partial charge in [-0.25, -0.2) is 0 Å². The van der Waals surface area contributed by atoms with Gasteiger partial charge in [-0.15, -0.1) is 0 Å². The first-order valence-electron chi connectivity index (χ1n) is 9.70. The highest BCUT2D eigenvalue weighted by atomic mass is 79.9. The maximum atomic E-state index is 12.2. The second kappa shape index (κ2) is 10.6. The molecule has 0 saturated carbocycles. The van der Waals surface area contributed by atoms with E-state index in [-0.39, 0.29) is 38.0 Å². The van der Waals surface area contributed by atoms with Crippen LogP contribution in [0.2, 0.25) is 5.02 Å². The van der Waals surface area contributed by atoms with Crippen LogP contribution in [0.5, 0.6) is 5.75 Å². The fourth-order valence-corrected chi connectivity index (χ4v) is 3.14. The Balaban J connectivity index is 1.39. The molecule has 2 amide bonds. The molecule has 32 heavy (non-hydrogen) atoms. The molecular weight excluding hydrogens is 504 g/mol. The summed E-state index contributed by atoms with van der Waals surface area (Å²) in [6.45, 7) is 6.17. The third kappa shape index (κ3) is 6.07. The molecule has 0 unspecified atom stereocenters. The van der Waals surface area contributed by atoms with Crippen LogP contribution in [-0.2, 0) is 11.3 Å². The van der Waals surface area contributed by atoms with Crippen LogP contribution in [0.25, 0.3) is 0 Å². The number of nitrogens with one attached hydrogen (secondary N) is 2. The smallest absolute Gasteiger partial charge is 0.316 e. The molecule has 1 aromatic carbocycles. The summed E-state index contributed by atoms with van der Waals surface area (Å²) in [6.07, 6.45) is 0. The van der Waals surface area contributed by atoms with E-state index in [2.05, 4.69) is 41.8 Å². The van der Waals surface area contributed by atoms with Crippen molar-refractivity contribution in [2.75, 3.05) is 19.7 Å². The quantitative estimate of drug-likeness (QED) is 0.411. The largest absolute Gasteiger partial charge is 0.484 e. The number of amides is 2. The number of carbonyl (C=O) groups excluding carboxylic acids is 2. The van der Waals surface area contributed by atoms with Crippen molar-refractivity contribution in [1.82, 2.24) is 30.6 Å². The van der Waals surface area contributed by atoms with Crippen molar-refractivity contribution in [1.29, 1.82) is 0 Å². The highest BCUT2D eigenvalue weighted by Crippen LogP contribution is 2.21. The molecule has 2 heterocycles. The normalized spacial score (nSPS) is 10.8. The third-order valence-corrected chi connectivity index (χ3v) is 6.05. The van der Waals surface area contributed by atoms with E-state index in [4.69, 9.17) is 20.9 Å². The summed E-state index contributed by atoms with van der Waals surface area (Å²) in [5.41, 5.74) is 2.63. The highest BCUT2D eigenvalue weighted by Gasteiger charge is 2.17. The zero-order valence-electron chi connectivity index (χ0n) is 17.7. The number of hydrogen-bond donors (Lipinski definition) is 2. The average Bonchev–Trinajstić information content (AvgIpc) is 3.33. The van der Waals surface area contributed by atoms with Gasteiger partial charge in [0.2, 0.25) is 0 Å². The summed E-state index contributed by atoms with van der Waals surface area (Å²) < 4.78 is 13.1. The molecule has 0 spiro atoms. The van der Waals surface area contributed by atoms with E-state index >= 15 is 0 Å². The topological polar surface area (TPSA) is 124 Å². The number of carbonyl (C=O) groups is 2. The van der Waals surface area contributed by atoms with Crippen molar-refractivity contribution < 1.29 is 18.8 Å². The number of halogens is 2. The van der Waals surface area contributed by atoms with Crippen LogP contribution in [0.15, 0.2) is 27.2 Å². The Labute approximate surface area is 197 Å². The van der Waals surface area contributed by atoms with E-state index < -0.39 is 5.91 Å². The summed E-state index contributed by atoms with van der Waals surface area (Å²) in [5.74, 6) is -0.122. The maximum Gasteiger partial charge on any atom is 0.316 e. The lowest BCUT2D eigenvalue weighted by atomic mass is 10.2. The van der Waals surface area contributed by atoms with Crippen LogP contribution in [0, 0.1) is 20.8 Å². The maximum absolute atomic E-state index is 12.2. The Morgan fingerprint density at radius 2 is 1.97 bits per heavy atom. The monoisotopic (exact) mass is 524 g/mol. The Morgan fingerprint density at radius 1 is 1.22 bits per heavy atom. The minimum absolute atomic E-state index is 0.148. The van der Waals surface area contributed by atoms with Gasteiger partial charge in [0, 0.05) is 18.1 Å². The molecule has 12 heteroatoms. The van der Waals surface area contributed by atoms with E-state index in [9.17, 15) is 9.59 Å². The third-order valence-electron chi connectivity index (χ3n) is 4.48. The molecule has 0 radical (unpaired) electrons. The minimum atomic E-state index is -0.527. The number of rotatable bonds is 9. The van der Waals surface area contributed by atoms with E-state index in [1.165, 1.54) is 0 Å². The predicted octanol–water partition coefficient (Wildman–Crippen LogP) is 2.58. The van der Waals surface area contributed by atoms with Crippen LogP contribution in [-0.4, -0.2) is 51.4 Å². The first-order chi connectivity index (χ1) is 15.2. The van der Waals surface area contributed by atoms with E-state index in [0.717, 1.165) is 21.4 Å². The summed E-state index contributed by atoms with van der Waals surface area (Å²) in [4.78, 5) is 28.1. The number of aryl methyl sites for hydroxylation is 2. The van der Waals surface area contributed by atoms with Crippen LogP contribution < -0.4 is 15.4 Å². The van der Waals surface area contributed by atoms with Crippen LogP contribution in [0.3, 0.4) is 0 Å². The van der Waals surface area contributed by atoms with Crippen LogP contribution >= 0.6 is 27.5 Å². The van der Waals surface area contributed by atoms with Crippen LogP contribution in [0.1, 0.15) is 33.5 Å². The number of aromatic nitrogens is 4. The van der Waals surface area contributed by atoms with E-state index in [1.807, 2.05) is 20.8 Å². The zero-order valence-corrected chi connectivity index (χ0v) is 20.1. The van der Waals surface area contributed by atoms with Crippen molar-refractivity contribution in [3.63, 3.8) is 0 Å². The van der Waals surface area contributed by atoms with E-state index in [0.29, 0.717) is 16.6 Å². The molecule has 2 N–H and O–H groups in total. The van der Waals surface area contributed by atoms with Gasteiger partial charge in [-0.05, 0) is 60.5 Å². The molecule has 0 aliphatic rings. The number of nitrogens with zero attached hydrogens (tertiary/aromatic N) is 4. The molecule has 0 aliphatic heterocycles. The summed E-state index contributed by atoms with van der Waals surface area (Å²) in [6, 6.07) is 5.15. The summed E-state index contributed by atoms with van der Waals surface area (Å²) in [5, 5.41) is 14.1. The average molecular weight is 526 g/mol. The lowest BCUT2D eigenvalue weighted by Gasteiger charge is -2.08. The Hall–Kier alpha value is -2.92. The predicted molar refractivity (Wildman–Crippen MR) is 120 cm³/mol. The molecule has 3 rings (SSSR count). The Morgan fingerprint density at radius 3 is 2.66 bits per heavy atom. The molecule has 0 atom stereocenters. The molecule has 2 aromatic heterocycles. The van der Waals surface area contributed by atoms with Gasteiger partial charge >= 0.3 is 11.8 Å². The summed E-state index contributed by atoms with van der Waals surface area (Å²) in [7, 11) is 0. The van der Waals surface area contributed by atoms with E-state index in [1.54, 1.807) is 22.9 Å². The molecule has 0 bridgehead atoms. The lowest BCUT2D eigenvalue weighted by molar-refractivity contribution is -0.123. The first-order valence-corrected chi connectivity index (χ1v) is 10.9. The SMILES string of the molecule is Cc1cc(OCC(=O)NCCNC(=O)c2nc(Cn3nc(C)c(Br)c3C)no2)ccc1Cl. The second-order valence-corrected chi connectivity index (χ2v) is 8.16. The lowest BCUT2D eigenvalue weighted by Crippen LogP contribution is -2.36. The molecule has 3 aromatic rings. The molecule has 10 nitrogen and oxygen atoms in total. The molecule has 170 valence electrons. The van der Waals surface area contributed by atoms with Gasteiger partial charge < -0.3 is 19.9 Å². The number of hydrogen-bond acceptors (Lipinski definition) is 7. The first kappa shape index (κ1) is 23.7. The second-order valence-electron chi connectivity index (χ2n) is 6.96.